The van der Waals surface area contributed by atoms with Gasteiger partial charge in [0.1, 0.15) is 11.4 Å². The van der Waals surface area contributed by atoms with E-state index in [1.54, 1.807) is 36.4 Å². The minimum atomic E-state index is -4.77. The second-order valence-corrected chi connectivity index (χ2v) is 11.0. The standard InChI is InChI=1S/C25H24F3N3O4S2/c1-3-12-30-24(32)35-18-8-5-7-17(14-18)31-20(15-23(29)25(26,27)28)22-11-10-21(36-22)16-6-4-9-19(13-16)37(2,33)34/h4-11,13-15H,3,12,29H2,1-2H3,(H,30,32). The van der Waals surface area contributed by atoms with Crippen molar-refractivity contribution in [2.24, 2.45) is 10.7 Å². The summed E-state index contributed by atoms with van der Waals surface area (Å²) in [4.78, 5) is 17.3. The van der Waals surface area contributed by atoms with Crippen molar-refractivity contribution in [3.8, 4) is 16.2 Å². The number of ether oxygens (including phenoxy) is 1. The number of sulfone groups is 1. The maximum Gasteiger partial charge on any atom is 0.430 e. The molecule has 3 rings (SSSR count). The first-order chi connectivity index (χ1) is 17.4. The van der Waals surface area contributed by atoms with Crippen LogP contribution in [0.3, 0.4) is 0 Å². The van der Waals surface area contributed by atoms with Crippen molar-refractivity contribution in [3.05, 3.63) is 77.3 Å². The lowest BCUT2D eigenvalue weighted by Gasteiger charge is -2.08. The number of benzene rings is 2. The fourth-order valence-corrected chi connectivity index (χ4v) is 4.65. The average molecular weight is 552 g/mol. The fraction of sp³-hybridized carbons (Fsp3) is 0.200. The molecule has 0 atom stereocenters. The van der Waals surface area contributed by atoms with E-state index < -0.39 is 27.8 Å². The predicted molar refractivity (Wildman–Crippen MR) is 138 cm³/mol. The smallest absolute Gasteiger partial charge is 0.410 e. The molecule has 0 aliphatic carbocycles. The lowest BCUT2D eigenvalue weighted by Crippen LogP contribution is -2.27. The van der Waals surface area contributed by atoms with E-state index in [4.69, 9.17) is 10.5 Å². The molecule has 0 saturated carbocycles. The molecule has 0 spiro atoms. The van der Waals surface area contributed by atoms with E-state index in [0.717, 1.165) is 30.1 Å². The zero-order valence-electron chi connectivity index (χ0n) is 19.9. The summed E-state index contributed by atoms with van der Waals surface area (Å²) in [5, 5.41) is 2.56. The zero-order valence-corrected chi connectivity index (χ0v) is 21.5. The lowest BCUT2D eigenvalue weighted by molar-refractivity contribution is -0.0925. The molecule has 12 heteroatoms. The zero-order chi connectivity index (χ0) is 27.2. The number of nitrogens with zero attached hydrogens (tertiary/aromatic N) is 1. The second-order valence-electron chi connectivity index (χ2n) is 7.87. The van der Waals surface area contributed by atoms with E-state index in [9.17, 15) is 26.4 Å². The molecule has 3 N–H and O–H groups in total. The highest BCUT2D eigenvalue weighted by molar-refractivity contribution is 7.90. The molecular formula is C25H24F3N3O4S2. The summed E-state index contributed by atoms with van der Waals surface area (Å²) >= 11 is 1.12. The Labute approximate surface area is 216 Å². The maximum atomic E-state index is 13.2. The topological polar surface area (TPSA) is 111 Å². The van der Waals surface area contributed by atoms with Crippen LogP contribution in [0.25, 0.3) is 10.4 Å². The Morgan fingerprint density at radius 1 is 1.14 bits per heavy atom. The number of nitrogens with two attached hydrogens (primary N) is 1. The molecule has 196 valence electrons. The number of hydrogen-bond acceptors (Lipinski definition) is 7. The van der Waals surface area contributed by atoms with Gasteiger partial charge in [-0.3, -0.25) is 0 Å². The Kier molecular flexibility index (Phi) is 8.77. The van der Waals surface area contributed by atoms with Gasteiger partial charge in [-0.1, -0.05) is 25.1 Å². The van der Waals surface area contributed by atoms with Crippen LogP contribution in [-0.2, 0) is 9.84 Å². The van der Waals surface area contributed by atoms with E-state index in [-0.39, 0.29) is 22.0 Å². The molecule has 3 aromatic rings. The summed E-state index contributed by atoms with van der Waals surface area (Å²) in [6.45, 7) is 2.31. The molecule has 0 radical (unpaired) electrons. The number of hydrogen-bond donors (Lipinski definition) is 2. The number of halogens is 3. The van der Waals surface area contributed by atoms with Crippen LogP contribution in [0.1, 0.15) is 18.2 Å². The van der Waals surface area contributed by atoms with E-state index in [1.165, 1.54) is 24.3 Å². The minimum absolute atomic E-state index is 0.0714. The predicted octanol–water partition coefficient (Wildman–Crippen LogP) is 5.84. The normalized spacial score (nSPS) is 12.9. The van der Waals surface area contributed by atoms with Crippen molar-refractivity contribution < 1.29 is 31.1 Å². The SMILES string of the molecule is CCCNC(=O)Oc1cccc(N=C(C=C(N)C(F)(F)F)c2ccc(-c3cccc(S(C)(=O)=O)c3)s2)c1. The van der Waals surface area contributed by atoms with Crippen LogP contribution in [0.2, 0.25) is 0 Å². The van der Waals surface area contributed by atoms with Gasteiger partial charge in [-0.05, 0) is 54.5 Å². The van der Waals surface area contributed by atoms with E-state index in [0.29, 0.717) is 21.9 Å². The van der Waals surface area contributed by atoms with Crippen molar-refractivity contribution >= 4 is 38.7 Å². The number of rotatable bonds is 8. The van der Waals surface area contributed by atoms with E-state index in [1.807, 2.05) is 6.92 Å². The first-order valence-corrected chi connectivity index (χ1v) is 13.7. The highest BCUT2D eigenvalue weighted by Crippen LogP contribution is 2.32. The van der Waals surface area contributed by atoms with Crippen molar-refractivity contribution in [1.29, 1.82) is 0 Å². The minimum Gasteiger partial charge on any atom is -0.410 e. The molecule has 0 aliphatic rings. The Balaban J connectivity index is 2.01. The van der Waals surface area contributed by atoms with Crippen molar-refractivity contribution in [3.63, 3.8) is 0 Å². The molecule has 1 amide bonds. The number of nitrogens with one attached hydrogen (secondary N) is 1. The van der Waals surface area contributed by atoms with Crippen LogP contribution in [-0.4, -0.2) is 39.2 Å². The molecule has 2 aromatic carbocycles. The summed E-state index contributed by atoms with van der Waals surface area (Å²) < 4.78 is 68.7. The molecule has 37 heavy (non-hydrogen) atoms. The van der Waals surface area contributed by atoms with Crippen LogP contribution in [0.4, 0.5) is 23.7 Å². The Bertz CT molecular complexity index is 1450. The van der Waals surface area contributed by atoms with E-state index in [2.05, 4.69) is 10.3 Å². The van der Waals surface area contributed by atoms with Gasteiger partial charge in [0.25, 0.3) is 0 Å². The summed E-state index contributed by atoms with van der Waals surface area (Å²) in [6, 6.07) is 15.5. The average Bonchev–Trinajstić information content (AvgIpc) is 3.32. The highest BCUT2D eigenvalue weighted by atomic mass is 32.2. The molecule has 0 fully saturated rings. The van der Waals surface area contributed by atoms with E-state index >= 15 is 0 Å². The van der Waals surface area contributed by atoms with Crippen LogP contribution in [0, 0.1) is 0 Å². The van der Waals surface area contributed by atoms with Crippen LogP contribution < -0.4 is 15.8 Å². The summed E-state index contributed by atoms with van der Waals surface area (Å²) in [5.41, 5.74) is 4.69. The first kappa shape index (κ1) is 27.9. The molecule has 1 heterocycles. The molecule has 0 bridgehead atoms. The summed E-state index contributed by atoms with van der Waals surface area (Å²) in [7, 11) is -3.44. The van der Waals surface area contributed by atoms with Gasteiger partial charge in [0, 0.05) is 23.7 Å². The number of thiophene rings is 1. The Morgan fingerprint density at radius 2 is 1.86 bits per heavy atom. The third-order valence-corrected chi connectivity index (χ3v) is 7.09. The Morgan fingerprint density at radius 3 is 2.54 bits per heavy atom. The number of amides is 1. The third-order valence-electron chi connectivity index (χ3n) is 4.82. The second kappa shape index (κ2) is 11.6. The van der Waals surface area contributed by atoms with Crippen molar-refractivity contribution in [2.45, 2.75) is 24.4 Å². The van der Waals surface area contributed by atoms with Gasteiger partial charge in [-0.2, -0.15) is 13.2 Å². The molecule has 0 aliphatic heterocycles. The van der Waals surface area contributed by atoms with Gasteiger partial charge in [0.15, 0.2) is 9.84 Å². The molecule has 1 aromatic heterocycles. The molecule has 7 nitrogen and oxygen atoms in total. The summed E-state index contributed by atoms with van der Waals surface area (Å²) in [5.74, 6) is 0.159. The van der Waals surface area contributed by atoms with Gasteiger partial charge in [-0.15, -0.1) is 11.3 Å². The monoisotopic (exact) mass is 551 g/mol. The molecular weight excluding hydrogens is 527 g/mol. The first-order valence-electron chi connectivity index (χ1n) is 11.0. The Hall–Kier alpha value is -3.64. The van der Waals surface area contributed by atoms with Gasteiger partial charge in [-0.25, -0.2) is 18.2 Å². The third kappa shape index (κ3) is 7.92. The number of aliphatic imine (C=N–C) groups is 1. The molecule has 0 unspecified atom stereocenters. The fourth-order valence-electron chi connectivity index (χ4n) is 3.02. The van der Waals surface area contributed by atoms with Crippen LogP contribution >= 0.6 is 11.3 Å². The number of allylic oxidation sites excluding steroid dienone is 2. The highest BCUT2D eigenvalue weighted by Gasteiger charge is 2.32. The largest absolute Gasteiger partial charge is 0.430 e. The van der Waals surface area contributed by atoms with Gasteiger partial charge >= 0.3 is 12.3 Å². The maximum absolute atomic E-state index is 13.2. The quantitative estimate of drug-likeness (QED) is 0.342. The van der Waals surface area contributed by atoms with Crippen molar-refractivity contribution in [2.75, 3.05) is 12.8 Å². The lowest BCUT2D eigenvalue weighted by atomic mass is 10.2. The number of carbonyl (C=O) groups excluding carboxylic acids is 1. The molecule has 0 saturated heterocycles. The van der Waals surface area contributed by atoms with Crippen LogP contribution in [0.5, 0.6) is 5.75 Å². The number of alkyl halides is 3. The van der Waals surface area contributed by atoms with Gasteiger partial charge < -0.3 is 15.8 Å². The summed E-state index contributed by atoms with van der Waals surface area (Å²) in [6.07, 6.45) is -2.90. The van der Waals surface area contributed by atoms with Crippen LogP contribution in [0.15, 0.2) is 82.3 Å². The van der Waals surface area contributed by atoms with Gasteiger partial charge in [0.05, 0.1) is 21.2 Å². The van der Waals surface area contributed by atoms with Crippen molar-refractivity contribution in [1.82, 2.24) is 5.32 Å². The number of carbonyl (C=O) groups is 1. The van der Waals surface area contributed by atoms with Gasteiger partial charge in [0.2, 0.25) is 0 Å².